The van der Waals surface area contributed by atoms with Crippen molar-refractivity contribution >= 4 is 24.1 Å². The molecule has 0 atom stereocenters. The van der Waals surface area contributed by atoms with Crippen molar-refractivity contribution in [2.75, 3.05) is 98.5 Å². The van der Waals surface area contributed by atoms with Gasteiger partial charge in [0.05, 0.1) is 13.2 Å². The smallest absolute Gasteiger partial charge is 0.409 e. The average Bonchev–Trinajstić information content (AvgIpc) is 3.41. The standard InChI is InChI=1S/C63H124N4O9/c1-8-15-21-23-33-45-66(47-35-25-31-42-60(69)75-56-58(38-27-17-10-3)39-28-18-11-4)62(71)73-54-51-65(50-49-64(14-7)44-37-53-68)52-55-74-63(72)67(46-34-24-22-16-9-2)48-36-26-32-43-61(70)76-57-59(40-29-19-12-5)41-30-20-13-6/h58-59,68H,8-57H2,1-7H3. The average molecular weight is 1080 g/mol. The minimum Gasteiger partial charge on any atom is -0.465 e. The Morgan fingerprint density at radius 2 is 0.671 bits per heavy atom. The van der Waals surface area contributed by atoms with E-state index in [0.717, 1.165) is 135 Å². The van der Waals surface area contributed by atoms with E-state index in [9.17, 15) is 24.3 Å². The van der Waals surface area contributed by atoms with Gasteiger partial charge in [-0.05, 0) is 89.0 Å². The predicted octanol–water partition coefficient (Wildman–Crippen LogP) is 15.6. The highest BCUT2D eigenvalue weighted by Gasteiger charge is 2.20. The summed E-state index contributed by atoms with van der Waals surface area (Å²) in [6.07, 6.45) is 35.8. The maximum Gasteiger partial charge on any atom is 0.409 e. The minimum atomic E-state index is -0.299. The van der Waals surface area contributed by atoms with Crippen molar-refractivity contribution in [2.45, 2.75) is 273 Å². The van der Waals surface area contributed by atoms with E-state index in [1.54, 1.807) is 0 Å². The number of likely N-dealkylation sites (N-methyl/N-ethyl adjacent to an activating group) is 1. The quantitative estimate of drug-likeness (QED) is 0.0354. The van der Waals surface area contributed by atoms with Crippen molar-refractivity contribution in [2.24, 2.45) is 11.8 Å². The van der Waals surface area contributed by atoms with E-state index in [4.69, 9.17) is 18.9 Å². The third-order valence-corrected chi connectivity index (χ3v) is 15.1. The van der Waals surface area contributed by atoms with Gasteiger partial charge in [-0.2, -0.15) is 0 Å². The maximum absolute atomic E-state index is 13.7. The molecule has 0 aliphatic rings. The molecule has 0 bridgehead atoms. The molecule has 0 aliphatic heterocycles. The summed E-state index contributed by atoms with van der Waals surface area (Å²) in [5.41, 5.74) is 0. The molecular formula is C63H124N4O9. The van der Waals surface area contributed by atoms with Crippen molar-refractivity contribution in [3.63, 3.8) is 0 Å². The number of nitrogens with zero attached hydrogens (tertiary/aromatic N) is 4. The molecule has 13 heteroatoms. The fraction of sp³-hybridized carbons (Fsp3) is 0.937. The monoisotopic (exact) mass is 1080 g/mol. The molecule has 0 aromatic heterocycles. The molecule has 2 amide bonds. The van der Waals surface area contributed by atoms with Crippen LogP contribution in [0.2, 0.25) is 0 Å². The number of hydrogen-bond donors (Lipinski definition) is 1. The summed E-state index contributed by atoms with van der Waals surface area (Å²) >= 11 is 0. The van der Waals surface area contributed by atoms with Crippen LogP contribution in [0.25, 0.3) is 0 Å². The number of amides is 2. The Kier molecular flexibility index (Phi) is 53.7. The van der Waals surface area contributed by atoms with Gasteiger partial charge in [0, 0.05) is 78.4 Å². The van der Waals surface area contributed by atoms with Gasteiger partial charge in [0.2, 0.25) is 0 Å². The Balaban J connectivity index is 5.47. The SMILES string of the molecule is CCCCCCCN(CCCCCC(=O)OCC(CCCCC)CCCCC)C(=O)OCCN(CCOC(=O)N(CCCCCCC)CCCCCC(=O)OCC(CCCCC)CCCCC)CCN(CC)CCCO. The van der Waals surface area contributed by atoms with Crippen molar-refractivity contribution in [1.29, 1.82) is 0 Å². The normalized spacial score (nSPS) is 11.6. The number of esters is 2. The Labute approximate surface area is 468 Å². The maximum atomic E-state index is 13.7. The lowest BCUT2D eigenvalue weighted by Gasteiger charge is -2.28. The van der Waals surface area contributed by atoms with Crippen LogP contribution in [0.4, 0.5) is 9.59 Å². The van der Waals surface area contributed by atoms with Crippen LogP contribution in [0.3, 0.4) is 0 Å². The van der Waals surface area contributed by atoms with Crippen LogP contribution in [0, 0.1) is 11.8 Å². The highest BCUT2D eigenvalue weighted by Crippen LogP contribution is 2.21. The lowest BCUT2D eigenvalue weighted by molar-refractivity contribution is -0.146. The fourth-order valence-corrected chi connectivity index (χ4v) is 9.87. The van der Waals surface area contributed by atoms with Crippen LogP contribution in [0.15, 0.2) is 0 Å². The first kappa shape index (κ1) is 73.4. The summed E-state index contributed by atoms with van der Waals surface area (Å²) in [6, 6.07) is 0. The number of rotatable bonds is 57. The van der Waals surface area contributed by atoms with E-state index in [-0.39, 0.29) is 43.9 Å². The topological polar surface area (TPSA) is 138 Å². The molecule has 450 valence electrons. The number of hydrogen-bond acceptors (Lipinski definition) is 11. The first-order valence-corrected chi connectivity index (χ1v) is 32.3. The summed E-state index contributed by atoms with van der Waals surface area (Å²) in [7, 11) is 0. The summed E-state index contributed by atoms with van der Waals surface area (Å²) in [4.78, 5) is 61.1. The van der Waals surface area contributed by atoms with Crippen LogP contribution >= 0.6 is 0 Å². The predicted molar refractivity (Wildman–Crippen MR) is 316 cm³/mol. The zero-order valence-electron chi connectivity index (χ0n) is 51.0. The zero-order chi connectivity index (χ0) is 56.0. The van der Waals surface area contributed by atoms with Gasteiger partial charge in [-0.15, -0.1) is 0 Å². The third kappa shape index (κ3) is 45.2. The molecular weight excluding hydrogens is 957 g/mol. The minimum absolute atomic E-state index is 0.107. The van der Waals surface area contributed by atoms with Gasteiger partial charge in [0.1, 0.15) is 13.2 Å². The van der Waals surface area contributed by atoms with Crippen LogP contribution in [0.1, 0.15) is 273 Å². The number of aliphatic hydroxyl groups is 1. The number of ether oxygens (including phenoxy) is 4. The molecule has 0 saturated heterocycles. The Morgan fingerprint density at radius 3 is 1.01 bits per heavy atom. The second-order valence-corrected chi connectivity index (χ2v) is 22.1. The van der Waals surface area contributed by atoms with Crippen molar-refractivity contribution < 1.29 is 43.2 Å². The van der Waals surface area contributed by atoms with E-state index in [2.05, 4.69) is 58.3 Å². The lowest BCUT2D eigenvalue weighted by atomic mass is 9.96. The summed E-state index contributed by atoms with van der Waals surface area (Å²) < 4.78 is 23.5. The Bertz CT molecular complexity index is 1200. The number of aliphatic hydroxyl groups excluding tert-OH is 1. The summed E-state index contributed by atoms with van der Waals surface area (Å²) in [5, 5.41) is 9.51. The van der Waals surface area contributed by atoms with Crippen molar-refractivity contribution in [1.82, 2.24) is 19.6 Å². The van der Waals surface area contributed by atoms with Crippen molar-refractivity contribution in [3.8, 4) is 0 Å². The van der Waals surface area contributed by atoms with Gasteiger partial charge in [-0.1, -0.05) is 190 Å². The van der Waals surface area contributed by atoms with Crippen molar-refractivity contribution in [3.05, 3.63) is 0 Å². The van der Waals surface area contributed by atoms with Gasteiger partial charge in [0.25, 0.3) is 0 Å². The van der Waals surface area contributed by atoms with E-state index in [1.807, 2.05) is 9.80 Å². The molecule has 0 heterocycles. The highest BCUT2D eigenvalue weighted by molar-refractivity contribution is 5.70. The molecule has 0 spiro atoms. The van der Waals surface area contributed by atoms with Gasteiger partial charge in [0.15, 0.2) is 0 Å². The molecule has 0 aromatic rings. The third-order valence-electron chi connectivity index (χ3n) is 15.1. The number of carbonyl (C=O) groups excluding carboxylic acids is 4. The second-order valence-electron chi connectivity index (χ2n) is 22.1. The molecule has 0 unspecified atom stereocenters. The first-order chi connectivity index (χ1) is 37.1. The van der Waals surface area contributed by atoms with Crippen LogP contribution in [0.5, 0.6) is 0 Å². The van der Waals surface area contributed by atoms with Gasteiger partial charge in [-0.3, -0.25) is 14.5 Å². The summed E-state index contributed by atoms with van der Waals surface area (Å²) in [6.45, 7) is 23.7. The lowest BCUT2D eigenvalue weighted by Crippen LogP contribution is -2.41. The first-order valence-electron chi connectivity index (χ1n) is 32.3. The van der Waals surface area contributed by atoms with Crippen LogP contribution < -0.4 is 0 Å². The fourth-order valence-electron chi connectivity index (χ4n) is 9.87. The zero-order valence-corrected chi connectivity index (χ0v) is 51.0. The molecule has 0 rings (SSSR count). The Morgan fingerprint density at radius 1 is 0.342 bits per heavy atom. The van der Waals surface area contributed by atoms with E-state index < -0.39 is 0 Å². The van der Waals surface area contributed by atoms with Crippen LogP contribution in [-0.2, 0) is 28.5 Å². The Hall–Kier alpha value is -2.64. The molecule has 0 radical (unpaired) electrons. The van der Waals surface area contributed by atoms with Gasteiger partial charge >= 0.3 is 24.1 Å². The number of carbonyl (C=O) groups is 4. The molecule has 0 saturated carbocycles. The molecule has 76 heavy (non-hydrogen) atoms. The van der Waals surface area contributed by atoms with E-state index >= 15 is 0 Å². The number of unbranched alkanes of at least 4 members (excludes halogenated alkanes) is 20. The van der Waals surface area contributed by atoms with E-state index in [1.165, 1.54) is 89.9 Å². The molecule has 1 N–H and O–H groups in total. The van der Waals surface area contributed by atoms with E-state index in [0.29, 0.717) is 90.1 Å². The highest BCUT2D eigenvalue weighted by atomic mass is 16.6. The van der Waals surface area contributed by atoms with Gasteiger partial charge in [-0.25, -0.2) is 9.59 Å². The molecule has 0 aromatic carbocycles. The second kappa shape index (κ2) is 55.7. The van der Waals surface area contributed by atoms with Crippen LogP contribution in [-0.4, -0.2) is 147 Å². The molecule has 0 fully saturated rings. The summed E-state index contributed by atoms with van der Waals surface area (Å²) in [5.74, 6) is 0.699. The largest absolute Gasteiger partial charge is 0.465 e. The molecule has 0 aliphatic carbocycles. The molecule has 13 nitrogen and oxygen atoms in total. The van der Waals surface area contributed by atoms with Gasteiger partial charge < -0.3 is 38.8 Å².